The van der Waals surface area contributed by atoms with Crippen molar-refractivity contribution in [1.29, 1.82) is 0 Å². The topological polar surface area (TPSA) is 32.8 Å². The highest BCUT2D eigenvalue weighted by atomic mass is 127. The summed E-state index contributed by atoms with van der Waals surface area (Å²) in [5, 5.41) is 0. The second-order valence-electron chi connectivity index (χ2n) is 6.27. The van der Waals surface area contributed by atoms with Crippen LogP contribution in [0.5, 0.6) is 0 Å². The van der Waals surface area contributed by atoms with Crippen LogP contribution in [0.25, 0.3) is 0 Å². The van der Waals surface area contributed by atoms with Gasteiger partial charge in [-0.3, -0.25) is 0 Å². The molecule has 0 unspecified atom stereocenters. The van der Waals surface area contributed by atoms with Crippen molar-refractivity contribution in [3.8, 4) is 0 Å². The normalized spacial score (nSPS) is 15.8. The fourth-order valence-corrected chi connectivity index (χ4v) is 2.98. The summed E-state index contributed by atoms with van der Waals surface area (Å²) in [5.74, 6) is -3.87. The number of ether oxygens (including phenoxy) is 1. The van der Waals surface area contributed by atoms with E-state index in [1.807, 2.05) is 0 Å². The average molecular weight is 442 g/mol. The smallest absolute Gasteiger partial charge is 0.410 e. The van der Waals surface area contributed by atoms with Gasteiger partial charge in [0.15, 0.2) is 17.5 Å². The maximum Gasteiger partial charge on any atom is 0.410 e. The molecule has 0 radical (unpaired) electrons. The third-order valence-electron chi connectivity index (χ3n) is 3.36. The Labute approximate surface area is 146 Å². The van der Waals surface area contributed by atoms with E-state index in [1.54, 1.807) is 53.2 Å². The van der Waals surface area contributed by atoms with Crippen LogP contribution < -0.4 is 4.90 Å². The Morgan fingerprint density at radius 2 is 1.70 bits per heavy atom. The molecule has 0 N–H and O–H groups in total. The lowest BCUT2D eigenvalue weighted by molar-refractivity contribution is 0.0240. The van der Waals surface area contributed by atoms with Crippen LogP contribution in [0.2, 0.25) is 0 Å². The number of rotatable bonds is 1. The minimum atomic E-state index is -1.47. The first-order valence-electron chi connectivity index (χ1n) is 7.16. The van der Waals surface area contributed by atoms with Gasteiger partial charge in [-0.2, -0.15) is 0 Å². The SMILES string of the molecule is CC(C)(C)OC(=O)N1CCN(c2cc(F)c(F)c(F)c2I)CC1. The van der Waals surface area contributed by atoms with Gasteiger partial charge in [0.1, 0.15) is 5.60 Å². The summed E-state index contributed by atoms with van der Waals surface area (Å²) < 4.78 is 45.6. The van der Waals surface area contributed by atoms with Crippen LogP contribution in [0.15, 0.2) is 6.07 Å². The number of halogens is 4. The van der Waals surface area contributed by atoms with Crippen molar-refractivity contribution in [2.75, 3.05) is 31.1 Å². The standard InChI is InChI=1S/C15H18F3IN2O2/c1-15(2,3)23-14(22)21-6-4-20(5-7-21)10-8-9(16)11(17)12(18)13(10)19/h8H,4-7H2,1-3H3. The van der Waals surface area contributed by atoms with Crippen molar-refractivity contribution in [3.63, 3.8) is 0 Å². The van der Waals surface area contributed by atoms with Crippen LogP contribution in [0.3, 0.4) is 0 Å². The molecule has 1 aromatic carbocycles. The fourth-order valence-electron chi connectivity index (χ4n) is 2.25. The minimum absolute atomic E-state index is 0.0345. The Morgan fingerprint density at radius 1 is 1.13 bits per heavy atom. The lowest BCUT2D eigenvalue weighted by atomic mass is 10.2. The van der Waals surface area contributed by atoms with Gasteiger partial charge in [0.25, 0.3) is 0 Å². The van der Waals surface area contributed by atoms with Crippen LogP contribution in [0.1, 0.15) is 20.8 Å². The molecule has 4 nitrogen and oxygen atoms in total. The Hall–Kier alpha value is -1.19. The van der Waals surface area contributed by atoms with E-state index in [9.17, 15) is 18.0 Å². The van der Waals surface area contributed by atoms with E-state index >= 15 is 0 Å². The molecule has 1 aliphatic heterocycles. The predicted octanol–water partition coefficient (Wildman–Crippen LogP) is 3.77. The molecule has 1 heterocycles. The first-order valence-corrected chi connectivity index (χ1v) is 8.24. The van der Waals surface area contributed by atoms with Gasteiger partial charge in [0, 0.05) is 32.2 Å². The summed E-state index contributed by atoms with van der Waals surface area (Å²) in [5.41, 5.74) is -0.280. The van der Waals surface area contributed by atoms with Gasteiger partial charge in [-0.05, 0) is 43.4 Å². The maximum atomic E-state index is 13.7. The van der Waals surface area contributed by atoms with E-state index in [1.165, 1.54) is 0 Å². The lowest BCUT2D eigenvalue weighted by Crippen LogP contribution is -2.50. The molecule has 1 aromatic rings. The number of piperazine rings is 1. The fraction of sp³-hybridized carbons (Fsp3) is 0.533. The number of benzene rings is 1. The summed E-state index contributed by atoms with van der Waals surface area (Å²) in [7, 11) is 0. The van der Waals surface area contributed by atoms with E-state index in [-0.39, 0.29) is 3.57 Å². The monoisotopic (exact) mass is 442 g/mol. The Kier molecular flexibility index (Phi) is 5.32. The van der Waals surface area contributed by atoms with E-state index in [2.05, 4.69) is 0 Å². The summed E-state index contributed by atoms with van der Waals surface area (Å²) in [6, 6.07) is 0.989. The molecule has 2 rings (SSSR count). The predicted molar refractivity (Wildman–Crippen MR) is 89.1 cm³/mol. The van der Waals surface area contributed by atoms with Crippen LogP contribution in [0.4, 0.5) is 23.7 Å². The quantitative estimate of drug-likeness (QED) is 0.377. The Bertz CT molecular complexity index is 612. The zero-order valence-electron chi connectivity index (χ0n) is 13.1. The number of amides is 1. The molecule has 0 aromatic heterocycles. The second kappa shape index (κ2) is 6.74. The van der Waals surface area contributed by atoms with E-state index in [0.29, 0.717) is 31.9 Å². The summed E-state index contributed by atoms with van der Waals surface area (Å²) >= 11 is 1.66. The lowest BCUT2D eigenvalue weighted by Gasteiger charge is -2.37. The molecule has 0 atom stereocenters. The molecule has 0 spiro atoms. The van der Waals surface area contributed by atoms with Crippen LogP contribution in [0, 0.1) is 21.0 Å². The molecular weight excluding hydrogens is 424 g/mol. The van der Waals surface area contributed by atoms with Crippen molar-refractivity contribution in [2.45, 2.75) is 26.4 Å². The molecular formula is C15H18F3IN2O2. The van der Waals surface area contributed by atoms with Crippen molar-refractivity contribution in [2.24, 2.45) is 0 Å². The van der Waals surface area contributed by atoms with E-state index in [0.717, 1.165) is 6.07 Å². The second-order valence-corrected chi connectivity index (χ2v) is 7.35. The highest BCUT2D eigenvalue weighted by molar-refractivity contribution is 14.1. The number of hydrogen-bond donors (Lipinski definition) is 0. The van der Waals surface area contributed by atoms with Crippen LogP contribution in [-0.2, 0) is 4.74 Å². The first kappa shape index (κ1) is 18.2. The molecule has 1 aliphatic rings. The van der Waals surface area contributed by atoms with Gasteiger partial charge in [-0.15, -0.1) is 0 Å². The zero-order chi connectivity index (χ0) is 17.4. The number of nitrogens with zero attached hydrogens (tertiary/aromatic N) is 2. The third kappa shape index (κ3) is 4.21. The van der Waals surface area contributed by atoms with Crippen LogP contribution >= 0.6 is 22.6 Å². The Morgan fingerprint density at radius 3 is 2.22 bits per heavy atom. The van der Waals surface area contributed by atoms with Gasteiger partial charge in [-0.25, -0.2) is 18.0 Å². The van der Waals surface area contributed by atoms with Crippen LogP contribution in [-0.4, -0.2) is 42.8 Å². The van der Waals surface area contributed by atoms with Crippen molar-refractivity contribution >= 4 is 34.4 Å². The van der Waals surface area contributed by atoms with E-state index in [4.69, 9.17) is 4.74 Å². The average Bonchev–Trinajstić information content (AvgIpc) is 2.47. The number of anilines is 1. The molecule has 0 bridgehead atoms. The van der Waals surface area contributed by atoms with Gasteiger partial charge in [0.05, 0.1) is 9.26 Å². The molecule has 0 saturated carbocycles. The molecule has 1 amide bonds. The van der Waals surface area contributed by atoms with Gasteiger partial charge in [0.2, 0.25) is 0 Å². The Balaban J connectivity index is 2.07. The van der Waals surface area contributed by atoms with Gasteiger partial charge >= 0.3 is 6.09 Å². The van der Waals surface area contributed by atoms with Gasteiger partial charge in [-0.1, -0.05) is 0 Å². The molecule has 0 aliphatic carbocycles. The van der Waals surface area contributed by atoms with Crippen molar-refractivity contribution < 1.29 is 22.7 Å². The molecule has 1 saturated heterocycles. The first-order chi connectivity index (χ1) is 10.6. The zero-order valence-corrected chi connectivity index (χ0v) is 15.3. The molecule has 23 heavy (non-hydrogen) atoms. The van der Waals surface area contributed by atoms with Gasteiger partial charge < -0.3 is 14.5 Å². The molecule has 8 heteroatoms. The number of carbonyl (C=O) groups is 1. The van der Waals surface area contributed by atoms with Crippen molar-refractivity contribution in [1.82, 2.24) is 4.90 Å². The minimum Gasteiger partial charge on any atom is -0.444 e. The van der Waals surface area contributed by atoms with E-state index < -0.39 is 29.1 Å². The maximum absolute atomic E-state index is 13.7. The van der Waals surface area contributed by atoms with Crippen molar-refractivity contribution in [3.05, 3.63) is 27.1 Å². The highest BCUT2D eigenvalue weighted by Crippen LogP contribution is 2.29. The summed E-state index contributed by atoms with van der Waals surface area (Å²) in [6.45, 7) is 6.87. The number of hydrogen-bond acceptors (Lipinski definition) is 3. The summed E-state index contributed by atoms with van der Waals surface area (Å²) in [4.78, 5) is 15.3. The molecule has 128 valence electrons. The number of carbonyl (C=O) groups excluding carboxylic acids is 1. The largest absolute Gasteiger partial charge is 0.444 e. The highest BCUT2D eigenvalue weighted by Gasteiger charge is 2.28. The molecule has 1 fully saturated rings. The third-order valence-corrected chi connectivity index (χ3v) is 4.38. The summed E-state index contributed by atoms with van der Waals surface area (Å²) in [6.07, 6.45) is -0.414.